The number of likely N-dealkylation sites (N-methyl/N-ethyl adjacent to an activating group) is 1. The van der Waals surface area contributed by atoms with E-state index in [1.54, 1.807) is 19.2 Å². The SMILES string of the molecule is CNc1cccnc1S(=O)(=O)NC(CC(C)C)CN(C)C. The Morgan fingerprint density at radius 1 is 1.33 bits per heavy atom. The number of aromatic nitrogens is 1. The molecule has 1 aromatic heterocycles. The average Bonchev–Trinajstić information content (AvgIpc) is 2.36. The molecule has 0 saturated carbocycles. The van der Waals surface area contributed by atoms with Gasteiger partial charge in [-0.25, -0.2) is 18.1 Å². The van der Waals surface area contributed by atoms with Crippen molar-refractivity contribution in [2.24, 2.45) is 5.92 Å². The molecule has 0 aliphatic carbocycles. The fraction of sp³-hybridized carbons (Fsp3) is 0.643. The van der Waals surface area contributed by atoms with E-state index in [4.69, 9.17) is 0 Å². The Morgan fingerprint density at radius 3 is 2.52 bits per heavy atom. The van der Waals surface area contributed by atoms with Crippen LogP contribution in [0.5, 0.6) is 0 Å². The molecule has 1 atom stereocenters. The van der Waals surface area contributed by atoms with Gasteiger partial charge >= 0.3 is 0 Å². The molecule has 0 aliphatic rings. The summed E-state index contributed by atoms with van der Waals surface area (Å²) in [4.78, 5) is 5.99. The van der Waals surface area contributed by atoms with E-state index in [-0.39, 0.29) is 11.1 Å². The van der Waals surface area contributed by atoms with Gasteiger partial charge in [-0.2, -0.15) is 0 Å². The lowest BCUT2D eigenvalue weighted by molar-refractivity contribution is 0.329. The summed E-state index contributed by atoms with van der Waals surface area (Å²) < 4.78 is 27.9. The van der Waals surface area contributed by atoms with Crippen LogP contribution < -0.4 is 10.0 Å². The van der Waals surface area contributed by atoms with Gasteiger partial charge in [0.1, 0.15) is 0 Å². The van der Waals surface area contributed by atoms with Crippen LogP contribution in [0.1, 0.15) is 20.3 Å². The fourth-order valence-corrected chi connectivity index (χ4v) is 3.62. The highest BCUT2D eigenvalue weighted by atomic mass is 32.2. The van der Waals surface area contributed by atoms with Gasteiger partial charge in [0.15, 0.2) is 5.03 Å². The van der Waals surface area contributed by atoms with Crippen LogP contribution in [0.3, 0.4) is 0 Å². The molecule has 6 nitrogen and oxygen atoms in total. The maximum absolute atomic E-state index is 12.6. The second kappa shape index (κ2) is 7.72. The lowest BCUT2D eigenvalue weighted by atomic mass is 10.0. The standard InChI is InChI=1S/C14H26N4O2S/c1-11(2)9-12(10-18(4)5)17-21(19,20)14-13(15-3)7-6-8-16-14/h6-8,11-12,15,17H,9-10H2,1-5H3. The zero-order chi connectivity index (χ0) is 16.0. The highest BCUT2D eigenvalue weighted by molar-refractivity contribution is 7.89. The minimum atomic E-state index is -3.64. The van der Waals surface area contributed by atoms with Crippen molar-refractivity contribution in [3.8, 4) is 0 Å². The van der Waals surface area contributed by atoms with E-state index in [0.717, 1.165) is 6.42 Å². The summed E-state index contributed by atoms with van der Waals surface area (Å²) in [5, 5.41) is 2.91. The summed E-state index contributed by atoms with van der Waals surface area (Å²) in [5.41, 5.74) is 0.498. The Kier molecular flexibility index (Phi) is 6.57. The highest BCUT2D eigenvalue weighted by Crippen LogP contribution is 2.18. The second-order valence-corrected chi connectivity index (χ2v) is 7.45. The van der Waals surface area contributed by atoms with Crippen LogP contribution in [0, 0.1) is 5.92 Å². The van der Waals surface area contributed by atoms with Crippen LogP contribution in [-0.2, 0) is 10.0 Å². The number of pyridine rings is 1. The number of nitrogens with one attached hydrogen (secondary N) is 2. The maximum atomic E-state index is 12.6. The van der Waals surface area contributed by atoms with Gasteiger partial charge in [-0.3, -0.25) is 0 Å². The van der Waals surface area contributed by atoms with Crippen molar-refractivity contribution in [3.05, 3.63) is 18.3 Å². The molecule has 7 heteroatoms. The molecule has 1 aromatic rings. The van der Waals surface area contributed by atoms with Crippen molar-refractivity contribution in [1.29, 1.82) is 0 Å². The first-order chi connectivity index (χ1) is 9.76. The minimum absolute atomic E-state index is 0.0417. The summed E-state index contributed by atoms with van der Waals surface area (Å²) in [6, 6.07) is 3.26. The van der Waals surface area contributed by atoms with E-state index in [9.17, 15) is 8.42 Å². The van der Waals surface area contributed by atoms with Gasteiger partial charge in [-0.05, 0) is 38.6 Å². The molecule has 1 heterocycles. The molecule has 0 aliphatic heterocycles. The molecule has 0 bridgehead atoms. The van der Waals surface area contributed by atoms with Gasteiger partial charge in [0.05, 0.1) is 5.69 Å². The lowest BCUT2D eigenvalue weighted by Gasteiger charge is -2.24. The Hall–Kier alpha value is -1.18. The van der Waals surface area contributed by atoms with Crippen LogP contribution in [0.15, 0.2) is 23.4 Å². The molecule has 0 radical (unpaired) electrons. The van der Waals surface area contributed by atoms with E-state index < -0.39 is 10.0 Å². The summed E-state index contributed by atoms with van der Waals surface area (Å²) in [6.07, 6.45) is 2.26. The number of hydrogen-bond donors (Lipinski definition) is 2. The highest BCUT2D eigenvalue weighted by Gasteiger charge is 2.24. The molecule has 0 aromatic carbocycles. The molecule has 120 valence electrons. The maximum Gasteiger partial charge on any atom is 0.260 e. The number of anilines is 1. The number of hydrogen-bond acceptors (Lipinski definition) is 5. The second-order valence-electron chi connectivity index (χ2n) is 5.82. The molecule has 21 heavy (non-hydrogen) atoms. The summed E-state index contributed by atoms with van der Waals surface area (Å²) in [7, 11) is 1.90. The summed E-state index contributed by atoms with van der Waals surface area (Å²) in [6.45, 7) is 4.81. The van der Waals surface area contributed by atoms with E-state index >= 15 is 0 Å². The van der Waals surface area contributed by atoms with Crippen molar-refractivity contribution in [2.45, 2.75) is 31.3 Å². The Bertz CT molecular complexity index is 534. The van der Waals surface area contributed by atoms with Crippen LogP contribution in [-0.4, -0.2) is 52.0 Å². The molecule has 0 spiro atoms. The monoisotopic (exact) mass is 314 g/mol. The Labute approximate surface area is 128 Å². The van der Waals surface area contributed by atoms with Gasteiger partial charge in [-0.15, -0.1) is 0 Å². The first kappa shape index (κ1) is 17.9. The fourth-order valence-electron chi connectivity index (χ4n) is 2.24. The number of sulfonamides is 1. The lowest BCUT2D eigenvalue weighted by Crippen LogP contribution is -2.42. The predicted octanol–water partition coefficient (Wildman–Crippen LogP) is 1.38. The topological polar surface area (TPSA) is 74.3 Å². The summed E-state index contributed by atoms with van der Waals surface area (Å²) in [5.74, 6) is 0.408. The third-order valence-electron chi connectivity index (χ3n) is 2.96. The number of rotatable bonds is 8. The molecule has 1 unspecified atom stereocenters. The quantitative estimate of drug-likeness (QED) is 0.758. The Balaban J connectivity index is 2.99. The van der Waals surface area contributed by atoms with Gasteiger partial charge in [0.25, 0.3) is 10.0 Å². The Morgan fingerprint density at radius 2 is 2.00 bits per heavy atom. The molecule has 0 amide bonds. The van der Waals surface area contributed by atoms with Crippen LogP contribution in [0.2, 0.25) is 0 Å². The number of nitrogens with zero attached hydrogens (tertiary/aromatic N) is 2. The van der Waals surface area contributed by atoms with E-state index in [1.807, 2.05) is 19.0 Å². The largest absolute Gasteiger partial charge is 0.386 e. The van der Waals surface area contributed by atoms with E-state index in [0.29, 0.717) is 18.2 Å². The first-order valence-corrected chi connectivity index (χ1v) is 8.54. The van der Waals surface area contributed by atoms with Crippen molar-refractivity contribution in [3.63, 3.8) is 0 Å². The van der Waals surface area contributed by atoms with Crippen LogP contribution in [0.25, 0.3) is 0 Å². The average molecular weight is 314 g/mol. The third-order valence-corrected chi connectivity index (χ3v) is 4.44. The molecule has 2 N–H and O–H groups in total. The summed E-state index contributed by atoms with van der Waals surface area (Å²) >= 11 is 0. The smallest absolute Gasteiger partial charge is 0.260 e. The first-order valence-electron chi connectivity index (χ1n) is 7.06. The van der Waals surface area contributed by atoms with Crippen LogP contribution >= 0.6 is 0 Å². The molecular formula is C14H26N4O2S. The van der Waals surface area contributed by atoms with Gasteiger partial charge in [0, 0.05) is 25.8 Å². The molecule has 1 rings (SSSR count). The zero-order valence-electron chi connectivity index (χ0n) is 13.4. The normalized spacial score (nSPS) is 13.7. The predicted molar refractivity (Wildman–Crippen MR) is 85.9 cm³/mol. The van der Waals surface area contributed by atoms with Crippen molar-refractivity contribution in [1.82, 2.24) is 14.6 Å². The minimum Gasteiger partial charge on any atom is -0.386 e. The van der Waals surface area contributed by atoms with E-state index in [2.05, 4.69) is 28.9 Å². The van der Waals surface area contributed by atoms with Crippen molar-refractivity contribution >= 4 is 15.7 Å². The van der Waals surface area contributed by atoms with E-state index in [1.165, 1.54) is 6.20 Å². The third kappa shape index (κ3) is 5.61. The van der Waals surface area contributed by atoms with Gasteiger partial charge < -0.3 is 10.2 Å². The van der Waals surface area contributed by atoms with Crippen LogP contribution in [0.4, 0.5) is 5.69 Å². The zero-order valence-corrected chi connectivity index (χ0v) is 14.2. The molecular weight excluding hydrogens is 288 g/mol. The molecule has 0 fully saturated rings. The van der Waals surface area contributed by atoms with Gasteiger partial charge in [-0.1, -0.05) is 13.8 Å². The van der Waals surface area contributed by atoms with Gasteiger partial charge in [0.2, 0.25) is 0 Å². The molecule has 0 saturated heterocycles. The van der Waals surface area contributed by atoms with Crippen molar-refractivity contribution < 1.29 is 8.42 Å². The van der Waals surface area contributed by atoms with Crippen molar-refractivity contribution in [2.75, 3.05) is 33.0 Å².